The van der Waals surface area contributed by atoms with Gasteiger partial charge in [0.1, 0.15) is 6.54 Å². The van der Waals surface area contributed by atoms with E-state index in [0.29, 0.717) is 6.54 Å². The van der Waals surface area contributed by atoms with Crippen LogP contribution in [0.25, 0.3) is 0 Å². The van der Waals surface area contributed by atoms with E-state index in [1.807, 2.05) is 0 Å². The molecule has 1 aromatic heterocycles. The zero-order valence-corrected chi connectivity index (χ0v) is 13.2. The first-order chi connectivity index (χ1) is 12.1. The van der Waals surface area contributed by atoms with Crippen molar-refractivity contribution in [3.63, 3.8) is 0 Å². The molecule has 0 atom stereocenters. The van der Waals surface area contributed by atoms with Gasteiger partial charge in [-0.05, 0) is 19.1 Å². The number of quaternary nitrogens is 1. The number of aromatic carboxylic acids is 1. The van der Waals surface area contributed by atoms with Gasteiger partial charge in [-0.2, -0.15) is 0 Å². The van der Waals surface area contributed by atoms with Crippen LogP contribution in [0.3, 0.4) is 0 Å². The number of likely N-dealkylation sites (N-methyl/N-ethyl adjacent to an activating group) is 1. The van der Waals surface area contributed by atoms with E-state index in [-0.39, 0.29) is 12.1 Å². The maximum absolute atomic E-state index is 10.2. The number of carboxylic acids is 1. The van der Waals surface area contributed by atoms with E-state index in [4.69, 9.17) is 20.4 Å². The van der Waals surface area contributed by atoms with Gasteiger partial charge in [-0.3, -0.25) is 14.7 Å². The summed E-state index contributed by atoms with van der Waals surface area (Å²) in [7, 11) is 0. The predicted octanol–water partition coefficient (Wildman–Crippen LogP) is -1.15. The number of hydrogen-bond acceptors (Lipinski definition) is 11. The Balaban J connectivity index is 0. The summed E-state index contributed by atoms with van der Waals surface area (Å²) >= 11 is 0. The minimum Gasteiger partial charge on any atom is -0.478 e. The Morgan fingerprint density at radius 2 is 1.73 bits per heavy atom. The Kier molecular flexibility index (Phi) is 13.9. The fraction of sp³-hybridized carbons (Fsp3) is 0.400. The van der Waals surface area contributed by atoms with Crippen molar-refractivity contribution in [2.45, 2.75) is 13.2 Å². The topological polar surface area (TPSA) is 238 Å². The molecule has 0 aromatic carbocycles. The summed E-state index contributed by atoms with van der Waals surface area (Å²) in [4.78, 5) is 49.5. The minimum atomic E-state index is -1.75. The lowest BCUT2D eigenvalue weighted by atomic mass is 10.3. The van der Waals surface area contributed by atoms with E-state index in [1.54, 1.807) is 18.3 Å². The van der Waals surface area contributed by atoms with Gasteiger partial charge < -0.3 is 25.7 Å². The van der Waals surface area contributed by atoms with Gasteiger partial charge in [0.25, 0.3) is 10.2 Å². The molecule has 0 spiro atoms. The lowest BCUT2D eigenvalue weighted by Gasteiger charge is -2.09. The molecule has 0 saturated heterocycles. The molecular formula is C10H15N5O11. The highest BCUT2D eigenvalue weighted by atomic mass is 17.0. The standard InChI is InChI=1S/C6H5NO2.C4H9N3O6.NO3/c8-6(9)5-2-1-3-7-4-5;1-2-5-3-4(12-6(8)9)13-7(10)11;2-1(3)4/h1-4H,(H,8,9);4-5H,2-3H2,1H3;/q;;-1/p+1. The SMILES string of the molecule is CC[NH2+]CC(O[N+](=O)[O-])O[N+](=O)[O-].O=C(O)c1cccnc1.O=[N+]([O-])[O-]. The quantitative estimate of drug-likeness (QED) is 0.308. The monoisotopic (exact) mass is 381 g/mol. The lowest BCUT2D eigenvalue weighted by Crippen LogP contribution is -2.86. The van der Waals surface area contributed by atoms with Crippen molar-refractivity contribution in [2.75, 3.05) is 13.1 Å². The molecule has 0 aliphatic carbocycles. The molecule has 26 heavy (non-hydrogen) atoms. The molecule has 0 amide bonds. The normalized spacial score (nSPS) is 8.85. The first-order valence-corrected chi connectivity index (χ1v) is 6.48. The van der Waals surface area contributed by atoms with Gasteiger partial charge in [-0.25, -0.2) is 4.79 Å². The summed E-state index contributed by atoms with van der Waals surface area (Å²) < 4.78 is 0. The van der Waals surface area contributed by atoms with Crippen molar-refractivity contribution in [3.8, 4) is 0 Å². The molecule has 0 aliphatic rings. The number of nitrogens with two attached hydrogens (primary N) is 1. The number of pyridine rings is 1. The van der Waals surface area contributed by atoms with Crippen molar-refractivity contribution >= 4 is 5.97 Å². The average Bonchev–Trinajstić information content (AvgIpc) is 2.52. The summed E-state index contributed by atoms with van der Waals surface area (Å²) in [6.45, 7) is 2.41. The summed E-state index contributed by atoms with van der Waals surface area (Å²) in [6.07, 6.45) is 1.37. The number of nitrogens with zero attached hydrogens (tertiary/aromatic N) is 4. The van der Waals surface area contributed by atoms with Crippen LogP contribution in [-0.4, -0.2) is 50.7 Å². The molecule has 0 radical (unpaired) electrons. The van der Waals surface area contributed by atoms with Crippen LogP contribution in [0.15, 0.2) is 24.5 Å². The van der Waals surface area contributed by atoms with E-state index in [0.717, 1.165) is 0 Å². The molecule has 0 aliphatic heterocycles. The molecule has 1 aromatic rings. The van der Waals surface area contributed by atoms with Crippen LogP contribution in [0.1, 0.15) is 17.3 Å². The Labute approximate surface area is 144 Å². The first-order valence-electron chi connectivity index (χ1n) is 6.48. The molecule has 0 unspecified atom stereocenters. The van der Waals surface area contributed by atoms with Crippen LogP contribution in [0.5, 0.6) is 0 Å². The molecule has 146 valence electrons. The van der Waals surface area contributed by atoms with Gasteiger partial charge in [0, 0.05) is 12.4 Å². The molecule has 0 fully saturated rings. The molecule has 1 heterocycles. The van der Waals surface area contributed by atoms with Crippen LogP contribution < -0.4 is 5.32 Å². The molecule has 0 saturated carbocycles. The van der Waals surface area contributed by atoms with Crippen molar-refractivity contribution in [1.29, 1.82) is 0 Å². The van der Waals surface area contributed by atoms with Crippen molar-refractivity contribution in [3.05, 3.63) is 65.6 Å². The van der Waals surface area contributed by atoms with E-state index < -0.39 is 27.5 Å². The zero-order valence-electron chi connectivity index (χ0n) is 13.2. The Bertz CT molecular complexity index is 550. The average molecular weight is 381 g/mol. The second-order valence-electron chi connectivity index (χ2n) is 3.79. The van der Waals surface area contributed by atoms with Crippen LogP contribution in [-0.2, 0) is 9.68 Å². The van der Waals surface area contributed by atoms with Gasteiger partial charge in [-0.1, -0.05) is 0 Å². The molecule has 0 bridgehead atoms. The fourth-order valence-corrected chi connectivity index (χ4v) is 1.09. The van der Waals surface area contributed by atoms with Crippen molar-refractivity contribution < 1.29 is 40.2 Å². The molecule has 3 N–H and O–H groups in total. The third kappa shape index (κ3) is 18.2. The second kappa shape index (κ2) is 14.8. The number of carbonyl (C=O) groups is 1. The first kappa shape index (κ1) is 24.4. The smallest absolute Gasteiger partial charge is 0.337 e. The Morgan fingerprint density at radius 1 is 1.23 bits per heavy atom. The summed E-state index contributed by atoms with van der Waals surface area (Å²) in [5.74, 6) is -0.942. The van der Waals surface area contributed by atoms with Gasteiger partial charge in [-0.15, -0.1) is 20.2 Å². The van der Waals surface area contributed by atoms with Gasteiger partial charge >= 0.3 is 12.3 Å². The third-order valence-corrected chi connectivity index (χ3v) is 1.96. The van der Waals surface area contributed by atoms with Crippen molar-refractivity contribution in [1.82, 2.24) is 4.98 Å². The number of rotatable bonds is 8. The fourth-order valence-electron chi connectivity index (χ4n) is 1.09. The zero-order chi connectivity index (χ0) is 20.5. The van der Waals surface area contributed by atoms with Gasteiger partial charge in [0.2, 0.25) is 0 Å². The summed E-state index contributed by atoms with van der Waals surface area (Å²) in [5.41, 5.74) is 0.220. The third-order valence-electron chi connectivity index (χ3n) is 1.96. The van der Waals surface area contributed by atoms with Crippen LogP contribution in [0.4, 0.5) is 0 Å². The number of aromatic nitrogens is 1. The number of hydrogen-bond donors (Lipinski definition) is 2. The lowest BCUT2D eigenvalue weighted by molar-refractivity contribution is -0.865. The highest BCUT2D eigenvalue weighted by Crippen LogP contribution is 1.93. The second-order valence-corrected chi connectivity index (χ2v) is 3.79. The van der Waals surface area contributed by atoms with Gasteiger partial charge in [0.05, 0.1) is 17.2 Å². The summed E-state index contributed by atoms with van der Waals surface area (Å²) in [5, 5.41) is 42.1. The molecule has 16 heteroatoms. The molecule has 16 nitrogen and oxygen atoms in total. The van der Waals surface area contributed by atoms with E-state index >= 15 is 0 Å². The predicted molar refractivity (Wildman–Crippen MR) is 78.8 cm³/mol. The highest BCUT2D eigenvalue weighted by Gasteiger charge is 2.18. The maximum atomic E-state index is 10.2. The van der Waals surface area contributed by atoms with Gasteiger partial charge in [0.15, 0.2) is 0 Å². The highest BCUT2D eigenvalue weighted by molar-refractivity contribution is 5.86. The molecular weight excluding hydrogens is 366 g/mol. The Morgan fingerprint density at radius 3 is 2.00 bits per heavy atom. The largest absolute Gasteiger partial charge is 0.478 e. The van der Waals surface area contributed by atoms with Crippen LogP contribution in [0, 0.1) is 35.6 Å². The van der Waals surface area contributed by atoms with Crippen molar-refractivity contribution in [2.24, 2.45) is 0 Å². The number of carboxylic acid groups (broad SMARTS) is 1. The van der Waals surface area contributed by atoms with E-state index in [9.17, 15) is 25.0 Å². The Hall–Kier alpha value is -3.82. The van der Waals surface area contributed by atoms with Crippen LogP contribution >= 0.6 is 0 Å². The maximum Gasteiger partial charge on any atom is 0.337 e. The minimum absolute atomic E-state index is 0.00153. The van der Waals surface area contributed by atoms with E-state index in [2.05, 4.69) is 14.7 Å². The van der Waals surface area contributed by atoms with Crippen LogP contribution in [0.2, 0.25) is 0 Å². The molecule has 1 rings (SSSR count). The van der Waals surface area contributed by atoms with E-state index in [1.165, 1.54) is 18.5 Å². The summed E-state index contributed by atoms with van der Waals surface area (Å²) in [6, 6.07) is 3.08.